The molecule has 0 bridgehead atoms. The van der Waals surface area contributed by atoms with Crippen LogP contribution in [0.3, 0.4) is 0 Å². The van der Waals surface area contributed by atoms with Crippen molar-refractivity contribution in [3.63, 3.8) is 0 Å². The van der Waals surface area contributed by atoms with Crippen molar-refractivity contribution in [2.75, 3.05) is 26.2 Å². The van der Waals surface area contributed by atoms with E-state index in [9.17, 15) is 0 Å². The van der Waals surface area contributed by atoms with Crippen molar-refractivity contribution in [2.24, 2.45) is 0 Å². The molecule has 0 unspecified atom stereocenters. The van der Waals surface area contributed by atoms with E-state index in [1.807, 2.05) is 0 Å². The third-order valence-electron chi connectivity index (χ3n) is 9.94. The molecular weight excluding hydrogens is 589 g/mol. The van der Waals surface area contributed by atoms with Crippen molar-refractivity contribution >= 4 is 7.82 Å². The fourth-order valence-electron chi connectivity index (χ4n) is 7.00. The van der Waals surface area contributed by atoms with Gasteiger partial charge in [0.05, 0.1) is 26.2 Å². The fraction of sp³-hybridized carbons (Fsp3) is 1.00. The molecule has 0 aliphatic heterocycles. The monoisotopic (exact) mass is 676 g/mol. The van der Waals surface area contributed by atoms with Crippen LogP contribution in [-0.2, 0) is 4.57 Å². The van der Waals surface area contributed by atoms with Crippen molar-refractivity contribution in [2.45, 2.75) is 233 Å². The number of unbranched alkanes of at least 4 members (excludes halogenated alkanes) is 28. The van der Waals surface area contributed by atoms with Gasteiger partial charge in [-0.15, -0.1) is 0 Å². The molecule has 6 heteroatoms. The van der Waals surface area contributed by atoms with Crippen molar-refractivity contribution in [3.8, 4) is 0 Å². The SMILES string of the molecule is CCCCCCCCCC[N+](CCCCCCCCCC)(CCCCCCCCCC)CCCCCCCCCC.O=P([O-])(O)O. The molecule has 0 aromatic heterocycles. The van der Waals surface area contributed by atoms with E-state index in [0.717, 1.165) is 0 Å². The van der Waals surface area contributed by atoms with Gasteiger partial charge in [-0.3, -0.25) is 4.57 Å². The van der Waals surface area contributed by atoms with Gasteiger partial charge in [-0.2, -0.15) is 0 Å². The van der Waals surface area contributed by atoms with Crippen LogP contribution in [-0.4, -0.2) is 40.4 Å². The molecule has 2 N–H and O–H groups in total. The topological polar surface area (TPSA) is 80.6 Å². The lowest BCUT2D eigenvalue weighted by Gasteiger charge is -2.40. The molecule has 280 valence electrons. The first-order valence-corrected chi connectivity index (χ1v) is 22.4. The number of hydrogen-bond donors (Lipinski definition) is 2. The van der Waals surface area contributed by atoms with Gasteiger partial charge in [-0.25, -0.2) is 0 Å². The summed E-state index contributed by atoms with van der Waals surface area (Å²) in [6, 6.07) is 0. The average molecular weight is 676 g/mol. The van der Waals surface area contributed by atoms with E-state index in [1.54, 1.807) is 0 Å². The van der Waals surface area contributed by atoms with E-state index < -0.39 is 7.82 Å². The standard InChI is InChI=1S/C40H84N.H3O4P/c1-5-9-13-17-21-25-29-33-37-41(38-34-30-26-22-18-14-10-6-2,39-35-31-27-23-19-15-11-7-3)40-36-32-28-24-20-16-12-8-4;1-5(2,3)4/h5-40H2,1-4H3;(H3,1,2,3,4)/q+1;/p-1. The smallest absolute Gasteiger partial charge is 0.262 e. The number of nitrogens with zero attached hydrogens (tertiary/aromatic N) is 1. The zero-order valence-electron chi connectivity index (χ0n) is 32.1. The van der Waals surface area contributed by atoms with E-state index in [2.05, 4.69) is 27.7 Å². The summed E-state index contributed by atoms with van der Waals surface area (Å²) in [5, 5.41) is 0. The van der Waals surface area contributed by atoms with Gasteiger partial charge in [-0.1, -0.05) is 182 Å². The molecule has 0 aliphatic carbocycles. The largest absolute Gasteiger partial charge is 0.756 e. The number of quaternary nitrogens is 1. The van der Waals surface area contributed by atoms with E-state index in [4.69, 9.17) is 19.2 Å². The Morgan fingerprint density at radius 3 is 0.630 bits per heavy atom. The second-order valence-electron chi connectivity index (χ2n) is 14.6. The lowest BCUT2D eigenvalue weighted by atomic mass is 10.0. The maximum Gasteiger partial charge on any atom is 0.262 e. The molecule has 5 nitrogen and oxygen atoms in total. The van der Waals surface area contributed by atoms with Crippen LogP contribution in [0.5, 0.6) is 0 Å². The molecular formula is C40H86NO4P. The molecule has 0 radical (unpaired) electrons. The molecule has 0 aliphatic rings. The van der Waals surface area contributed by atoms with Crippen LogP contribution >= 0.6 is 7.82 Å². The molecule has 0 aromatic carbocycles. The molecule has 0 fully saturated rings. The maximum absolute atomic E-state index is 8.77. The Bertz CT molecular complexity index is 518. The van der Waals surface area contributed by atoms with E-state index in [0.29, 0.717) is 0 Å². The van der Waals surface area contributed by atoms with Crippen LogP contribution in [0.25, 0.3) is 0 Å². The quantitative estimate of drug-likeness (QED) is 0.0393. The average Bonchev–Trinajstić information content (AvgIpc) is 3.01. The second-order valence-corrected chi connectivity index (χ2v) is 15.6. The molecule has 46 heavy (non-hydrogen) atoms. The van der Waals surface area contributed by atoms with Gasteiger partial charge in [0, 0.05) is 0 Å². The second kappa shape index (κ2) is 37.9. The van der Waals surface area contributed by atoms with Crippen molar-refractivity contribution < 1.29 is 23.7 Å². The van der Waals surface area contributed by atoms with Gasteiger partial charge in [0.25, 0.3) is 7.82 Å². The highest BCUT2D eigenvalue weighted by molar-refractivity contribution is 7.43. The number of hydrogen-bond acceptors (Lipinski definition) is 2. The summed E-state index contributed by atoms with van der Waals surface area (Å²) >= 11 is 0. The summed E-state index contributed by atoms with van der Waals surface area (Å²) < 4.78 is 10.3. The predicted molar refractivity (Wildman–Crippen MR) is 202 cm³/mol. The number of rotatable bonds is 36. The van der Waals surface area contributed by atoms with Crippen LogP contribution in [0.15, 0.2) is 0 Å². The Balaban J connectivity index is 0. The Hall–Kier alpha value is 0.0700. The summed E-state index contributed by atoms with van der Waals surface area (Å²) in [6.45, 7) is 15.3. The molecule has 0 heterocycles. The minimum absolute atomic E-state index is 1.37. The molecule has 0 amide bonds. The van der Waals surface area contributed by atoms with Crippen LogP contribution in [0.1, 0.15) is 233 Å². The fourth-order valence-corrected chi connectivity index (χ4v) is 7.00. The summed E-state index contributed by atoms with van der Waals surface area (Å²) in [5.74, 6) is 0. The third-order valence-corrected chi connectivity index (χ3v) is 9.94. The van der Waals surface area contributed by atoms with Crippen LogP contribution in [0.2, 0.25) is 0 Å². The van der Waals surface area contributed by atoms with Gasteiger partial charge in [0.1, 0.15) is 0 Å². The molecule has 0 saturated carbocycles. The lowest BCUT2D eigenvalue weighted by molar-refractivity contribution is -0.929. The predicted octanol–water partition coefficient (Wildman–Crippen LogP) is 12.8. The van der Waals surface area contributed by atoms with Crippen molar-refractivity contribution in [1.82, 2.24) is 0 Å². The van der Waals surface area contributed by atoms with Gasteiger partial charge >= 0.3 is 0 Å². The molecule has 0 rings (SSSR count). The van der Waals surface area contributed by atoms with Crippen LogP contribution in [0.4, 0.5) is 0 Å². The summed E-state index contributed by atoms with van der Waals surface area (Å²) in [5.41, 5.74) is 0. The van der Waals surface area contributed by atoms with E-state index in [1.165, 1.54) is 236 Å². The maximum atomic E-state index is 8.77. The molecule has 0 saturated heterocycles. The highest BCUT2D eigenvalue weighted by atomic mass is 31.2. The highest BCUT2D eigenvalue weighted by Gasteiger charge is 2.25. The Labute approximate surface area is 290 Å². The Kier molecular flexibility index (Phi) is 39.7. The highest BCUT2D eigenvalue weighted by Crippen LogP contribution is 2.22. The van der Waals surface area contributed by atoms with Gasteiger partial charge in [0.15, 0.2) is 0 Å². The van der Waals surface area contributed by atoms with Gasteiger partial charge in [0.2, 0.25) is 0 Å². The van der Waals surface area contributed by atoms with Crippen LogP contribution in [0, 0.1) is 0 Å². The van der Waals surface area contributed by atoms with E-state index >= 15 is 0 Å². The first-order chi connectivity index (χ1) is 22.2. The molecule has 0 atom stereocenters. The zero-order valence-corrected chi connectivity index (χ0v) is 33.0. The summed E-state index contributed by atoms with van der Waals surface area (Å²) in [6.07, 6.45) is 46.7. The Morgan fingerprint density at radius 1 is 0.348 bits per heavy atom. The lowest BCUT2D eigenvalue weighted by Crippen LogP contribution is -2.50. The van der Waals surface area contributed by atoms with Crippen LogP contribution < -0.4 is 4.89 Å². The Morgan fingerprint density at radius 2 is 0.478 bits per heavy atom. The van der Waals surface area contributed by atoms with E-state index in [-0.39, 0.29) is 0 Å². The summed E-state index contributed by atoms with van der Waals surface area (Å²) in [7, 11) is -4.89. The first kappa shape index (κ1) is 48.2. The van der Waals surface area contributed by atoms with Gasteiger partial charge < -0.3 is 19.2 Å². The molecule has 0 spiro atoms. The minimum Gasteiger partial charge on any atom is -0.756 e. The number of phosphoric acid groups is 1. The van der Waals surface area contributed by atoms with Crippen molar-refractivity contribution in [3.05, 3.63) is 0 Å². The van der Waals surface area contributed by atoms with Crippen molar-refractivity contribution in [1.29, 1.82) is 0 Å². The minimum atomic E-state index is -4.89. The molecule has 0 aromatic rings. The van der Waals surface area contributed by atoms with Gasteiger partial charge in [-0.05, 0) is 51.4 Å². The summed E-state index contributed by atoms with van der Waals surface area (Å²) in [4.78, 5) is 22.9. The normalized spacial score (nSPS) is 12.0. The third kappa shape index (κ3) is 42.1. The first-order valence-electron chi connectivity index (χ1n) is 20.9. The zero-order chi connectivity index (χ0) is 34.5.